The lowest BCUT2D eigenvalue weighted by Gasteiger charge is -2.12. The molecule has 12 heavy (non-hydrogen) atoms. The molecule has 0 spiro atoms. The van der Waals surface area contributed by atoms with Crippen LogP contribution in [-0.4, -0.2) is 5.91 Å². The van der Waals surface area contributed by atoms with Gasteiger partial charge in [0, 0.05) is 12.5 Å². The number of carbonyl (C=O) groups is 1. The van der Waals surface area contributed by atoms with E-state index in [1.165, 1.54) is 0 Å². The number of amides is 1. The average molecular weight is 274 g/mol. The first-order chi connectivity index (χ1) is 5.75. The van der Waals surface area contributed by atoms with Crippen LogP contribution in [-0.2, 0) is 4.79 Å². The molecule has 2 nitrogen and oxygen atoms in total. The van der Waals surface area contributed by atoms with Crippen LogP contribution in [0.25, 0.3) is 0 Å². The first-order valence-electron chi connectivity index (χ1n) is 3.71. The summed E-state index contributed by atoms with van der Waals surface area (Å²) in [4.78, 5) is 11.2. The molecule has 1 rings (SSSR count). The zero-order valence-corrected chi connectivity index (χ0v) is 8.91. The molecule has 0 aliphatic rings. The van der Waals surface area contributed by atoms with Gasteiger partial charge in [0.25, 0.3) is 0 Å². The molecule has 1 aromatic rings. The second kappa shape index (κ2) is 4.45. The van der Waals surface area contributed by atoms with Crippen molar-refractivity contribution in [2.24, 2.45) is 0 Å². The van der Waals surface area contributed by atoms with Gasteiger partial charge in [0.1, 0.15) is 0 Å². The molecule has 0 aliphatic heterocycles. The molecule has 0 fully saturated rings. The Morgan fingerprint density at radius 2 is 2.42 bits per heavy atom. The lowest BCUT2D eigenvalue weighted by atomic mass is 10.3. The molecule has 1 radical (unpaired) electrons. The van der Waals surface area contributed by atoms with Crippen LogP contribution in [0, 0.1) is 6.07 Å². The maximum Gasteiger partial charge on any atom is 0.235 e. The minimum absolute atomic E-state index is 0.0954. The van der Waals surface area contributed by atoms with Crippen LogP contribution in [0.3, 0.4) is 0 Å². The predicted octanol–water partition coefficient (Wildman–Crippen LogP) is 2.58. The van der Waals surface area contributed by atoms with Crippen LogP contribution in [0.4, 0.5) is 5.69 Å². The Morgan fingerprint density at radius 1 is 1.67 bits per heavy atom. The predicted molar refractivity (Wildman–Crippen MR) is 57.1 cm³/mol. The Balaban J connectivity index is 2.78. The zero-order valence-electron chi connectivity index (χ0n) is 6.75. The SMILES string of the molecule is CCC(=O)N(I)c1[c]cccc1. The van der Waals surface area contributed by atoms with E-state index < -0.39 is 0 Å². The minimum Gasteiger partial charge on any atom is -0.274 e. The molecule has 0 atom stereocenters. The van der Waals surface area contributed by atoms with Gasteiger partial charge >= 0.3 is 0 Å². The van der Waals surface area contributed by atoms with E-state index in [4.69, 9.17) is 0 Å². The molecule has 0 unspecified atom stereocenters. The van der Waals surface area contributed by atoms with E-state index in [2.05, 4.69) is 6.07 Å². The van der Waals surface area contributed by atoms with Crippen LogP contribution in [0.5, 0.6) is 0 Å². The molecule has 0 bridgehead atoms. The summed E-state index contributed by atoms with van der Waals surface area (Å²) in [5.41, 5.74) is 0.810. The second-order valence-electron chi connectivity index (χ2n) is 2.28. The number of carbonyl (C=O) groups excluding carboxylic acids is 1. The number of anilines is 1. The van der Waals surface area contributed by atoms with E-state index in [1.54, 1.807) is 9.18 Å². The summed E-state index contributed by atoms with van der Waals surface area (Å²) >= 11 is 1.99. The van der Waals surface area contributed by atoms with Crippen LogP contribution >= 0.6 is 22.9 Å². The largest absolute Gasteiger partial charge is 0.274 e. The number of halogens is 1. The Labute approximate surface area is 86.1 Å². The van der Waals surface area contributed by atoms with Crippen LogP contribution in [0.15, 0.2) is 24.3 Å². The molecule has 1 amide bonds. The lowest BCUT2D eigenvalue weighted by molar-refractivity contribution is -0.116. The summed E-state index contributed by atoms with van der Waals surface area (Å²) in [6, 6.07) is 10.4. The molecule has 0 saturated carbocycles. The fourth-order valence-electron chi connectivity index (χ4n) is 0.779. The summed E-state index contributed by atoms with van der Waals surface area (Å²) in [6.07, 6.45) is 0.520. The van der Waals surface area contributed by atoms with E-state index in [9.17, 15) is 4.79 Å². The van der Waals surface area contributed by atoms with Crippen molar-refractivity contribution in [2.75, 3.05) is 3.11 Å². The highest BCUT2D eigenvalue weighted by atomic mass is 127. The Hall–Kier alpha value is -0.580. The third-order valence-corrected chi connectivity index (χ3v) is 2.48. The maximum atomic E-state index is 11.2. The molecular weight excluding hydrogens is 265 g/mol. The molecule has 0 aromatic heterocycles. The first-order valence-corrected chi connectivity index (χ1v) is 4.67. The second-order valence-corrected chi connectivity index (χ2v) is 3.24. The van der Waals surface area contributed by atoms with Gasteiger partial charge in [-0.2, -0.15) is 0 Å². The van der Waals surface area contributed by atoms with Gasteiger partial charge < -0.3 is 0 Å². The normalized spacial score (nSPS) is 9.50. The van der Waals surface area contributed by atoms with E-state index in [0.717, 1.165) is 5.69 Å². The van der Waals surface area contributed by atoms with Gasteiger partial charge in [0.05, 0.1) is 28.6 Å². The summed E-state index contributed by atoms with van der Waals surface area (Å²) in [5.74, 6) is 0.0954. The Bertz CT molecular complexity index is 260. The minimum atomic E-state index is 0.0954. The van der Waals surface area contributed by atoms with Crippen molar-refractivity contribution in [2.45, 2.75) is 13.3 Å². The molecule has 0 N–H and O–H groups in total. The highest BCUT2D eigenvalue weighted by Crippen LogP contribution is 2.17. The van der Waals surface area contributed by atoms with Crippen molar-refractivity contribution >= 4 is 34.5 Å². The molecule has 0 heterocycles. The smallest absolute Gasteiger partial charge is 0.235 e. The number of hydrogen-bond donors (Lipinski definition) is 0. The molecule has 3 heteroatoms. The van der Waals surface area contributed by atoms with E-state index in [0.29, 0.717) is 6.42 Å². The van der Waals surface area contributed by atoms with Gasteiger partial charge in [0.2, 0.25) is 5.91 Å². The van der Waals surface area contributed by atoms with Crippen LogP contribution in [0.2, 0.25) is 0 Å². The van der Waals surface area contributed by atoms with Crippen molar-refractivity contribution in [3.05, 3.63) is 30.3 Å². The topological polar surface area (TPSA) is 20.3 Å². The highest BCUT2D eigenvalue weighted by Gasteiger charge is 2.08. The van der Waals surface area contributed by atoms with Gasteiger partial charge in [0.15, 0.2) is 0 Å². The van der Waals surface area contributed by atoms with E-state index in [-0.39, 0.29) is 5.91 Å². The average Bonchev–Trinajstić information content (AvgIpc) is 2.17. The van der Waals surface area contributed by atoms with Gasteiger partial charge in [-0.1, -0.05) is 25.1 Å². The summed E-state index contributed by atoms with van der Waals surface area (Å²) in [7, 11) is 0. The zero-order chi connectivity index (χ0) is 8.97. The Morgan fingerprint density at radius 3 is 2.92 bits per heavy atom. The van der Waals surface area contributed by atoms with Crippen molar-refractivity contribution in [1.29, 1.82) is 0 Å². The fraction of sp³-hybridized carbons (Fsp3) is 0.222. The summed E-state index contributed by atoms with van der Waals surface area (Å²) in [5, 5.41) is 0. The van der Waals surface area contributed by atoms with Gasteiger partial charge in [-0.15, -0.1) is 0 Å². The molecular formula is C9H9INO. The van der Waals surface area contributed by atoms with E-state index >= 15 is 0 Å². The van der Waals surface area contributed by atoms with Crippen LogP contribution in [0.1, 0.15) is 13.3 Å². The third kappa shape index (κ3) is 2.20. The maximum absolute atomic E-state index is 11.2. The van der Waals surface area contributed by atoms with Gasteiger partial charge in [-0.3, -0.25) is 7.91 Å². The third-order valence-electron chi connectivity index (χ3n) is 1.43. The molecule has 1 aromatic carbocycles. The van der Waals surface area contributed by atoms with Crippen LogP contribution < -0.4 is 3.11 Å². The molecule has 63 valence electrons. The Kier molecular flexibility index (Phi) is 3.52. The number of hydrogen-bond acceptors (Lipinski definition) is 1. The first kappa shape index (κ1) is 9.51. The quantitative estimate of drug-likeness (QED) is 0.599. The number of rotatable bonds is 2. The van der Waals surface area contributed by atoms with Crippen molar-refractivity contribution in [3.8, 4) is 0 Å². The summed E-state index contributed by atoms with van der Waals surface area (Å²) in [6.45, 7) is 1.84. The standard InChI is InChI=1S/C9H9INO/c1-2-9(12)11(10)8-6-4-3-5-7-8/h3-6H,2H2,1H3. The monoisotopic (exact) mass is 274 g/mol. The lowest BCUT2D eigenvalue weighted by Crippen LogP contribution is -2.18. The number of benzene rings is 1. The van der Waals surface area contributed by atoms with Crippen molar-refractivity contribution in [3.63, 3.8) is 0 Å². The number of para-hydroxylation sites is 1. The van der Waals surface area contributed by atoms with Crippen molar-refractivity contribution in [1.82, 2.24) is 0 Å². The van der Waals surface area contributed by atoms with Gasteiger partial charge in [-0.25, -0.2) is 0 Å². The highest BCUT2D eigenvalue weighted by molar-refractivity contribution is 14.1. The summed E-state index contributed by atoms with van der Waals surface area (Å²) < 4.78 is 1.58. The molecule has 0 saturated heterocycles. The fourth-order valence-corrected chi connectivity index (χ4v) is 1.42. The number of nitrogens with zero attached hydrogens (tertiary/aromatic N) is 1. The molecule has 0 aliphatic carbocycles. The van der Waals surface area contributed by atoms with Crippen molar-refractivity contribution < 1.29 is 4.79 Å². The van der Waals surface area contributed by atoms with E-state index in [1.807, 2.05) is 48.0 Å². The van der Waals surface area contributed by atoms with Gasteiger partial charge in [-0.05, 0) is 6.07 Å².